The molecular formula is C18H21N3O. The maximum absolute atomic E-state index is 9.32. The summed E-state index contributed by atoms with van der Waals surface area (Å²) in [4.78, 5) is 0. The van der Waals surface area contributed by atoms with Gasteiger partial charge < -0.3 is 4.74 Å². The van der Waals surface area contributed by atoms with Gasteiger partial charge in [0.05, 0.1) is 23.8 Å². The third-order valence-electron chi connectivity index (χ3n) is 3.91. The Hall–Kier alpha value is -2.51. The first-order chi connectivity index (χ1) is 10.6. The monoisotopic (exact) mass is 295 g/mol. The fraction of sp³-hybridized carbons (Fsp3) is 0.500. The smallest absolute Gasteiger partial charge is 0.139 e. The van der Waals surface area contributed by atoms with Crippen LogP contribution in [0.15, 0.2) is 6.07 Å². The van der Waals surface area contributed by atoms with Gasteiger partial charge in [0.15, 0.2) is 0 Å². The van der Waals surface area contributed by atoms with Gasteiger partial charge in [-0.25, -0.2) is 0 Å². The third kappa shape index (κ3) is 4.00. The van der Waals surface area contributed by atoms with Crippen LogP contribution in [0, 0.1) is 46.8 Å². The minimum Gasteiger partial charge on any atom is -0.492 e. The lowest BCUT2D eigenvalue weighted by Crippen LogP contribution is -2.12. The molecule has 1 aromatic rings. The van der Waals surface area contributed by atoms with Gasteiger partial charge >= 0.3 is 0 Å². The molecule has 0 aliphatic heterocycles. The SMILES string of the molecule is CCCCC(CC)COc1cc(C#N)c(C)c(C#N)c1C#N. The van der Waals surface area contributed by atoms with Gasteiger partial charge in [-0.15, -0.1) is 0 Å². The zero-order chi connectivity index (χ0) is 16.5. The number of hydrogen-bond acceptors (Lipinski definition) is 4. The second-order valence-electron chi connectivity index (χ2n) is 5.36. The van der Waals surface area contributed by atoms with Crippen molar-refractivity contribution < 1.29 is 4.74 Å². The van der Waals surface area contributed by atoms with Crippen LogP contribution in [0.25, 0.3) is 0 Å². The van der Waals surface area contributed by atoms with Crippen molar-refractivity contribution in [2.45, 2.75) is 46.5 Å². The van der Waals surface area contributed by atoms with E-state index in [0.29, 0.717) is 29.4 Å². The van der Waals surface area contributed by atoms with Gasteiger partial charge in [-0.2, -0.15) is 15.8 Å². The molecule has 114 valence electrons. The van der Waals surface area contributed by atoms with Crippen molar-refractivity contribution in [3.8, 4) is 24.0 Å². The summed E-state index contributed by atoms with van der Waals surface area (Å²) >= 11 is 0. The van der Waals surface area contributed by atoms with Crippen molar-refractivity contribution in [2.24, 2.45) is 5.92 Å². The largest absolute Gasteiger partial charge is 0.492 e. The summed E-state index contributed by atoms with van der Waals surface area (Å²) < 4.78 is 5.79. The zero-order valence-corrected chi connectivity index (χ0v) is 13.4. The number of rotatable bonds is 7. The molecule has 0 radical (unpaired) electrons. The predicted octanol–water partition coefficient (Wildman–Crippen LogP) is 4.21. The molecule has 1 aromatic carbocycles. The molecule has 1 rings (SSSR count). The molecule has 0 aromatic heterocycles. The molecule has 4 nitrogen and oxygen atoms in total. The van der Waals surface area contributed by atoms with Crippen LogP contribution in [-0.2, 0) is 0 Å². The van der Waals surface area contributed by atoms with Crippen LogP contribution < -0.4 is 4.74 Å². The molecule has 0 fully saturated rings. The van der Waals surface area contributed by atoms with E-state index in [9.17, 15) is 10.5 Å². The van der Waals surface area contributed by atoms with Crippen molar-refractivity contribution in [3.63, 3.8) is 0 Å². The lowest BCUT2D eigenvalue weighted by atomic mass is 9.97. The molecule has 1 atom stereocenters. The summed E-state index contributed by atoms with van der Waals surface area (Å²) in [5.74, 6) is 0.764. The highest BCUT2D eigenvalue weighted by Gasteiger charge is 2.17. The van der Waals surface area contributed by atoms with E-state index >= 15 is 0 Å². The molecule has 0 heterocycles. The van der Waals surface area contributed by atoms with Crippen molar-refractivity contribution >= 4 is 0 Å². The van der Waals surface area contributed by atoms with E-state index in [1.54, 1.807) is 13.0 Å². The van der Waals surface area contributed by atoms with Crippen molar-refractivity contribution in [1.82, 2.24) is 0 Å². The molecule has 4 heteroatoms. The van der Waals surface area contributed by atoms with E-state index < -0.39 is 0 Å². The molecule has 1 unspecified atom stereocenters. The lowest BCUT2D eigenvalue weighted by molar-refractivity contribution is 0.232. The fourth-order valence-corrected chi connectivity index (χ4v) is 2.34. The quantitative estimate of drug-likeness (QED) is 0.754. The van der Waals surface area contributed by atoms with Gasteiger partial charge in [0.25, 0.3) is 0 Å². The molecule has 22 heavy (non-hydrogen) atoms. The zero-order valence-electron chi connectivity index (χ0n) is 13.4. The van der Waals surface area contributed by atoms with Gasteiger partial charge in [0.1, 0.15) is 23.5 Å². The molecule has 0 spiro atoms. The van der Waals surface area contributed by atoms with Crippen LogP contribution in [0.4, 0.5) is 0 Å². The van der Waals surface area contributed by atoms with Crippen LogP contribution >= 0.6 is 0 Å². The number of nitriles is 3. The molecule has 0 aliphatic rings. The van der Waals surface area contributed by atoms with Gasteiger partial charge in [-0.1, -0.05) is 33.1 Å². The molecule has 0 saturated heterocycles. The summed E-state index contributed by atoms with van der Waals surface area (Å²) in [6.07, 6.45) is 4.37. The Morgan fingerprint density at radius 1 is 1.09 bits per heavy atom. The van der Waals surface area contributed by atoms with E-state index in [4.69, 9.17) is 10.00 Å². The number of nitrogens with zero attached hydrogens (tertiary/aromatic N) is 3. The maximum atomic E-state index is 9.32. The van der Waals surface area contributed by atoms with Gasteiger partial charge in [0.2, 0.25) is 0 Å². The van der Waals surface area contributed by atoms with E-state index in [1.807, 2.05) is 12.1 Å². The normalized spacial score (nSPS) is 11.1. The van der Waals surface area contributed by atoms with Crippen molar-refractivity contribution in [3.05, 3.63) is 28.3 Å². The fourth-order valence-electron chi connectivity index (χ4n) is 2.34. The van der Waals surface area contributed by atoms with Crippen LogP contribution in [0.2, 0.25) is 0 Å². The van der Waals surface area contributed by atoms with E-state index in [-0.39, 0.29) is 11.1 Å². The lowest BCUT2D eigenvalue weighted by Gasteiger charge is -2.17. The Morgan fingerprint density at radius 2 is 1.77 bits per heavy atom. The number of ether oxygens (including phenoxy) is 1. The summed E-state index contributed by atoms with van der Waals surface area (Å²) in [7, 11) is 0. The Balaban J connectivity index is 3.07. The molecule has 0 amide bonds. The van der Waals surface area contributed by atoms with Gasteiger partial charge in [0, 0.05) is 0 Å². The third-order valence-corrected chi connectivity index (χ3v) is 3.91. The first-order valence-electron chi connectivity index (χ1n) is 7.63. The average molecular weight is 295 g/mol. The summed E-state index contributed by atoms with van der Waals surface area (Å²) in [6.45, 7) is 6.45. The Kier molecular flexibility index (Phi) is 6.94. The second kappa shape index (κ2) is 8.71. The molecule has 0 saturated carbocycles. The summed E-state index contributed by atoms with van der Waals surface area (Å²) in [6, 6.07) is 7.68. The molecular weight excluding hydrogens is 274 g/mol. The van der Waals surface area contributed by atoms with Crippen LogP contribution in [0.5, 0.6) is 5.75 Å². The van der Waals surface area contributed by atoms with Crippen LogP contribution in [-0.4, -0.2) is 6.61 Å². The first kappa shape index (κ1) is 17.5. The highest BCUT2D eigenvalue weighted by Crippen LogP contribution is 2.28. The van der Waals surface area contributed by atoms with Crippen molar-refractivity contribution in [1.29, 1.82) is 15.8 Å². The first-order valence-corrected chi connectivity index (χ1v) is 7.63. The van der Waals surface area contributed by atoms with E-state index in [0.717, 1.165) is 25.7 Å². The topological polar surface area (TPSA) is 80.6 Å². The maximum Gasteiger partial charge on any atom is 0.139 e. The number of hydrogen-bond donors (Lipinski definition) is 0. The van der Waals surface area contributed by atoms with Crippen LogP contribution in [0.1, 0.15) is 61.8 Å². The second-order valence-corrected chi connectivity index (χ2v) is 5.36. The number of benzene rings is 1. The highest BCUT2D eigenvalue weighted by molar-refractivity contribution is 5.62. The average Bonchev–Trinajstić information content (AvgIpc) is 2.55. The Bertz CT molecular complexity index is 644. The van der Waals surface area contributed by atoms with Crippen molar-refractivity contribution in [2.75, 3.05) is 6.61 Å². The standard InChI is InChI=1S/C18H21N3O/c1-4-6-7-14(5-2)12-22-18-8-15(9-19)13(3)16(10-20)17(18)11-21/h8,14H,4-7,12H2,1-3H3. The molecule has 0 N–H and O–H groups in total. The number of unbranched alkanes of at least 4 members (excludes halogenated alkanes) is 1. The minimum absolute atomic E-state index is 0.226. The van der Waals surface area contributed by atoms with Gasteiger partial charge in [-0.05, 0) is 30.9 Å². The van der Waals surface area contributed by atoms with E-state index in [1.165, 1.54) is 0 Å². The van der Waals surface area contributed by atoms with Gasteiger partial charge in [-0.3, -0.25) is 0 Å². The minimum atomic E-state index is 0.226. The Morgan fingerprint density at radius 3 is 2.27 bits per heavy atom. The Labute approximate surface area is 132 Å². The predicted molar refractivity (Wildman–Crippen MR) is 84.1 cm³/mol. The van der Waals surface area contributed by atoms with E-state index in [2.05, 4.69) is 19.9 Å². The summed E-state index contributed by atoms with van der Waals surface area (Å²) in [5.41, 5.74) is 1.38. The highest BCUT2D eigenvalue weighted by atomic mass is 16.5. The molecule has 0 bridgehead atoms. The van der Waals surface area contributed by atoms with Crippen LogP contribution in [0.3, 0.4) is 0 Å². The summed E-state index contributed by atoms with van der Waals surface area (Å²) in [5, 5.41) is 27.7. The molecule has 0 aliphatic carbocycles.